The van der Waals surface area contributed by atoms with Crippen LogP contribution in [0.15, 0.2) is 29.8 Å². The molecule has 3 heterocycles. The molecule has 5 N–H and O–H groups in total. The zero-order chi connectivity index (χ0) is 34.5. The molecule has 0 spiro atoms. The highest BCUT2D eigenvalue weighted by Gasteiger charge is 2.44. The molecular formula is C33H46N6O7S. The maximum absolute atomic E-state index is 13.9. The standard InChI is InChI=1S/C33H46N6O7S/c1-19(21-8-10-22(11-9-21)28-20(2)34-18-47-28)35-30(43)25-15-24(40)17-39(25)31(44)29(33(3,4)5)37-26(41)12-13-27(42)38-14-6-7-23(16-38)36-32(45)46/h8-11,18-19,23-25,29,36,40H,6-7,12-17H2,1-5H3,(H,35,43)(H,37,41)(H,45,46)/t19?,23-,24-,25+,29?/m1/s1. The third kappa shape index (κ3) is 9.28. The molecule has 2 aliphatic rings. The molecule has 2 saturated heterocycles. The van der Waals surface area contributed by atoms with Crippen molar-refractivity contribution in [2.75, 3.05) is 19.6 Å². The molecule has 5 atom stereocenters. The second kappa shape index (κ2) is 15.2. The quantitative estimate of drug-likeness (QED) is 0.256. The van der Waals surface area contributed by atoms with Gasteiger partial charge in [0.25, 0.3) is 0 Å². The predicted molar refractivity (Wildman–Crippen MR) is 176 cm³/mol. The van der Waals surface area contributed by atoms with E-state index in [0.29, 0.717) is 19.4 Å². The normalized spacial score (nSPS) is 21.1. The molecule has 0 bridgehead atoms. The van der Waals surface area contributed by atoms with Crippen molar-refractivity contribution in [1.82, 2.24) is 30.7 Å². The van der Waals surface area contributed by atoms with Gasteiger partial charge < -0.3 is 36.0 Å². The van der Waals surface area contributed by atoms with Crippen molar-refractivity contribution in [2.24, 2.45) is 5.41 Å². The summed E-state index contributed by atoms with van der Waals surface area (Å²) in [6, 6.07) is 5.20. The van der Waals surface area contributed by atoms with E-state index in [-0.39, 0.29) is 50.3 Å². The van der Waals surface area contributed by atoms with Crippen LogP contribution in [0.1, 0.15) is 77.1 Å². The average Bonchev–Trinajstić information content (AvgIpc) is 3.62. The van der Waals surface area contributed by atoms with Gasteiger partial charge in [0.2, 0.25) is 23.6 Å². The minimum Gasteiger partial charge on any atom is -0.465 e. The Labute approximate surface area is 279 Å². The van der Waals surface area contributed by atoms with E-state index in [2.05, 4.69) is 20.9 Å². The number of aliphatic hydroxyl groups is 1. The SMILES string of the molecule is Cc1ncsc1-c1ccc(C(C)NC(=O)[C@@H]2C[C@@H](O)CN2C(=O)C(NC(=O)CCC(=O)N2CCC[C@@H](NC(=O)O)C2)C(C)(C)C)cc1. The lowest BCUT2D eigenvalue weighted by Crippen LogP contribution is -2.58. The van der Waals surface area contributed by atoms with Crippen LogP contribution < -0.4 is 16.0 Å². The summed E-state index contributed by atoms with van der Waals surface area (Å²) in [5.74, 6) is -1.64. The van der Waals surface area contributed by atoms with Gasteiger partial charge in [-0.15, -0.1) is 11.3 Å². The lowest BCUT2D eigenvalue weighted by atomic mass is 9.85. The number of likely N-dealkylation sites (tertiary alicyclic amines) is 2. The minimum atomic E-state index is -1.14. The summed E-state index contributed by atoms with van der Waals surface area (Å²) in [5, 5.41) is 27.7. The fraction of sp³-hybridized carbons (Fsp3) is 0.576. The first-order valence-electron chi connectivity index (χ1n) is 16.0. The lowest BCUT2D eigenvalue weighted by Gasteiger charge is -2.35. The maximum atomic E-state index is 13.9. The topological polar surface area (TPSA) is 181 Å². The van der Waals surface area contributed by atoms with Gasteiger partial charge in [-0.25, -0.2) is 9.78 Å². The van der Waals surface area contributed by atoms with Crippen molar-refractivity contribution in [3.63, 3.8) is 0 Å². The monoisotopic (exact) mass is 670 g/mol. The third-order valence-electron chi connectivity index (χ3n) is 8.73. The number of carboxylic acid groups (broad SMARTS) is 1. The number of carbonyl (C=O) groups excluding carboxylic acids is 4. The minimum absolute atomic E-state index is 0.0460. The van der Waals surface area contributed by atoms with Gasteiger partial charge in [0.05, 0.1) is 28.2 Å². The van der Waals surface area contributed by atoms with E-state index < -0.39 is 47.4 Å². The summed E-state index contributed by atoms with van der Waals surface area (Å²) >= 11 is 1.56. The first-order chi connectivity index (χ1) is 22.1. The number of carbonyl (C=O) groups is 5. The molecule has 5 amide bonds. The highest BCUT2D eigenvalue weighted by atomic mass is 32.1. The summed E-state index contributed by atoms with van der Waals surface area (Å²) in [7, 11) is 0. The Morgan fingerprint density at radius 1 is 1.06 bits per heavy atom. The van der Waals surface area contributed by atoms with Gasteiger partial charge in [0, 0.05) is 44.9 Å². The number of piperidine rings is 1. The molecule has 0 saturated carbocycles. The molecule has 1 aromatic carbocycles. The van der Waals surface area contributed by atoms with Crippen LogP contribution in [0.4, 0.5) is 4.79 Å². The van der Waals surface area contributed by atoms with Crippen LogP contribution in [0, 0.1) is 12.3 Å². The van der Waals surface area contributed by atoms with Crippen molar-refractivity contribution >= 4 is 41.1 Å². The number of aliphatic hydroxyl groups excluding tert-OH is 1. The van der Waals surface area contributed by atoms with Crippen molar-refractivity contribution in [2.45, 2.75) is 97.0 Å². The van der Waals surface area contributed by atoms with E-state index in [4.69, 9.17) is 5.11 Å². The Bertz CT molecular complexity index is 1460. The number of aryl methyl sites for hydroxylation is 1. The number of nitrogens with zero attached hydrogens (tertiary/aromatic N) is 3. The number of amides is 5. The Morgan fingerprint density at radius 2 is 1.77 bits per heavy atom. The number of hydrogen-bond acceptors (Lipinski definition) is 8. The molecule has 13 nitrogen and oxygen atoms in total. The van der Waals surface area contributed by atoms with E-state index in [9.17, 15) is 29.1 Å². The smallest absolute Gasteiger partial charge is 0.404 e. The van der Waals surface area contributed by atoms with Crippen molar-refractivity contribution in [1.29, 1.82) is 0 Å². The van der Waals surface area contributed by atoms with Crippen molar-refractivity contribution in [3.05, 3.63) is 41.0 Å². The molecular weight excluding hydrogens is 624 g/mol. The van der Waals surface area contributed by atoms with E-state index >= 15 is 0 Å². The maximum Gasteiger partial charge on any atom is 0.404 e. The largest absolute Gasteiger partial charge is 0.465 e. The molecule has 2 fully saturated rings. The van der Waals surface area contributed by atoms with E-state index in [1.807, 2.05) is 38.1 Å². The molecule has 1 aromatic heterocycles. The molecule has 0 radical (unpaired) electrons. The fourth-order valence-electron chi connectivity index (χ4n) is 6.12. The zero-order valence-corrected chi connectivity index (χ0v) is 28.4. The van der Waals surface area contributed by atoms with Crippen LogP contribution in [0.5, 0.6) is 0 Å². The second-order valence-electron chi connectivity index (χ2n) is 13.5. The number of benzene rings is 1. The number of hydrogen-bond donors (Lipinski definition) is 5. The van der Waals surface area contributed by atoms with Gasteiger partial charge in [0.15, 0.2) is 0 Å². The Hall–Kier alpha value is -4.04. The van der Waals surface area contributed by atoms with E-state index in [0.717, 1.165) is 21.7 Å². The molecule has 4 rings (SSSR count). The Balaban J connectivity index is 1.36. The van der Waals surface area contributed by atoms with Crippen molar-refractivity contribution < 1.29 is 34.2 Å². The molecule has 14 heteroatoms. The van der Waals surface area contributed by atoms with Crippen LogP contribution >= 0.6 is 11.3 Å². The lowest BCUT2D eigenvalue weighted by molar-refractivity contribution is -0.144. The summed E-state index contributed by atoms with van der Waals surface area (Å²) in [5.41, 5.74) is 3.94. The average molecular weight is 671 g/mol. The number of β-amino-alcohol motifs (C(OH)–C–C–N with tert-alkyl or cyclic N) is 1. The number of thiazole rings is 1. The second-order valence-corrected chi connectivity index (χ2v) is 14.4. The van der Waals surface area contributed by atoms with Crippen LogP contribution in [-0.4, -0.2) is 98.6 Å². The number of aromatic nitrogens is 1. The molecule has 256 valence electrons. The number of rotatable bonds is 10. The van der Waals surface area contributed by atoms with Gasteiger partial charge in [-0.3, -0.25) is 19.2 Å². The zero-order valence-electron chi connectivity index (χ0n) is 27.6. The van der Waals surface area contributed by atoms with Crippen LogP contribution in [0.2, 0.25) is 0 Å². The van der Waals surface area contributed by atoms with E-state index in [1.165, 1.54) is 4.90 Å². The summed E-state index contributed by atoms with van der Waals surface area (Å²) in [6.07, 6.45) is -0.932. The van der Waals surface area contributed by atoms with Crippen molar-refractivity contribution in [3.8, 4) is 10.4 Å². The van der Waals surface area contributed by atoms with Crippen LogP contribution in [0.3, 0.4) is 0 Å². The molecule has 0 aliphatic carbocycles. The van der Waals surface area contributed by atoms with Gasteiger partial charge >= 0.3 is 6.09 Å². The Morgan fingerprint density at radius 3 is 2.38 bits per heavy atom. The summed E-state index contributed by atoms with van der Waals surface area (Å²) in [6.45, 7) is 9.89. The van der Waals surface area contributed by atoms with Crippen LogP contribution in [-0.2, 0) is 19.2 Å². The van der Waals surface area contributed by atoms with Gasteiger partial charge in [-0.1, -0.05) is 45.0 Å². The molecule has 2 unspecified atom stereocenters. The fourth-order valence-corrected chi connectivity index (χ4v) is 6.93. The van der Waals surface area contributed by atoms with Gasteiger partial charge in [-0.05, 0) is 43.2 Å². The van der Waals surface area contributed by atoms with Gasteiger partial charge in [-0.2, -0.15) is 0 Å². The molecule has 2 aliphatic heterocycles. The van der Waals surface area contributed by atoms with Gasteiger partial charge in [0.1, 0.15) is 12.1 Å². The summed E-state index contributed by atoms with van der Waals surface area (Å²) < 4.78 is 0. The number of nitrogens with one attached hydrogen (secondary N) is 3. The molecule has 47 heavy (non-hydrogen) atoms. The first kappa shape index (κ1) is 35.8. The summed E-state index contributed by atoms with van der Waals surface area (Å²) in [4.78, 5) is 72.5. The van der Waals surface area contributed by atoms with Crippen LogP contribution in [0.25, 0.3) is 10.4 Å². The highest BCUT2D eigenvalue weighted by Crippen LogP contribution is 2.29. The molecule has 2 aromatic rings. The Kier molecular flexibility index (Phi) is 11.6. The first-order valence-corrected chi connectivity index (χ1v) is 16.9. The predicted octanol–water partition coefficient (Wildman–Crippen LogP) is 2.83. The van der Waals surface area contributed by atoms with E-state index in [1.54, 1.807) is 42.5 Å². The highest BCUT2D eigenvalue weighted by molar-refractivity contribution is 7.13. The third-order valence-corrected chi connectivity index (χ3v) is 9.71.